The molecule has 0 spiro atoms. The van der Waals surface area contributed by atoms with Gasteiger partial charge in [0, 0.05) is 43.0 Å². The van der Waals surface area contributed by atoms with Crippen LogP contribution in [0, 0.1) is 20.2 Å². The first-order valence-corrected chi connectivity index (χ1v) is 9.14. The number of ketones is 1. The van der Waals surface area contributed by atoms with Gasteiger partial charge in [0.1, 0.15) is 5.76 Å². The summed E-state index contributed by atoms with van der Waals surface area (Å²) in [5, 5.41) is 42.0. The minimum atomic E-state index is -1.12. The zero-order chi connectivity index (χ0) is 22.7. The van der Waals surface area contributed by atoms with Crippen molar-refractivity contribution in [1.29, 1.82) is 0 Å². The first-order valence-electron chi connectivity index (χ1n) is 9.14. The fraction of sp³-hybridized carbons (Fsp3) is 0.200. The Morgan fingerprint density at radius 2 is 1.65 bits per heavy atom. The number of hydrogen-bond donors (Lipinski definition) is 2. The number of likely N-dealkylation sites (tertiary alicyclic amines) is 1. The van der Waals surface area contributed by atoms with Crippen LogP contribution in [0.2, 0.25) is 0 Å². The van der Waals surface area contributed by atoms with Crippen molar-refractivity contribution >= 4 is 28.8 Å². The van der Waals surface area contributed by atoms with E-state index in [0.717, 1.165) is 17.0 Å². The van der Waals surface area contributed by atoms with E-state index in [0.29, 0.717) is 0 Å². The molecule has 2 aromatic rings. The quantitative estimate of drug-likeness (QED) is 0.223. The summed E-state index contributed by atoms with van der Waals surface area (Å²) in [6, 6.07) is 8.95. The van der Waals surface area contributed by atoms with Gasteiger partial charge < -0.3 is 15.1 Å². The highest BCUT2D eigenvalue weighted by Gasteiger charge is 2.46. The van der Waals surface area contributed by atoms with Gasteiger partial charge in [0.15, 0.2) is 0 Å². The molecule has 1 saturated heterocycles. The maximum Gasteiger partial charge on any atom is 0.295 e. The van der Waals surface area contributed by atoms with Crippen LogP contribution in [-0.4, -0.2) is 49.8 Å². The van der Waals surface area contributed by atoms with E-state index < -0.39 is 33.3 Å². The van der Waals surface area contributed by atoms with Gasteiger partial charge in [0.2, 0.25) is 0 Å². The van der Waals surface area contributed by atoms with Gasteiger partial charge in [0.05, 0.1) is 21.5 Å². The second kappa shape index (κ2) is 8.71. The predicted molar refractivity (Wildman–Crippen MR) is 107 cm³/mol. The van der Waals surface area contributed by atoms with Crippen LogP contribution in [-0.2, 0) is 9.59 Å². The van der Waals surface area contributed by atoms with E-state index in [4.69, 9.17) is 5.11 Å². The van der Waals surface area contributed by atoms with E-state index in [1.807, 2.05) is 0 Å². The van der Waals surface area contributed by atoms with E-state index in [9.17, 15) is 34.9 Å². The largest absolute Gasteiger partial charge is 0.507 e. The molecule has 0 saturated carbocycles. The topological polar surface area (TPSA) is 164 Å². The number of benzene rings is 2. The molecule has 1 fully saturated rings. The lowest BCUT2D eigenvalue weighted by Crippen LogP contribution is -2.31. The lowest BCUT2D eigenvalue weighted by molar-refractivity contribution is -0.385. The van der Waals surface area contributed by atoms with Crippen LogP contribution in [0.15, 0.2) is 54.1 Å². The summed E-state index contributed by atoms with van der Waals surface area (Å²) in [4.78, 5) is 47.3. The first-order chi connectivity index (χ1) is 14.8. The third-order valence-electron chi connectivity index (χ3n) is 4.85. The molecule has 0 radical (unpaired) electrons. The number of aliphatic hydroxyl groups is 2. The molecule has 2 aromatic carbocycles. The van der Waals surface area contributed by atoms with Crippen LogP contribution in [0.1, 0.15) is 23.6 Å². The number of carbonyl (C=O) groups is 2. The number of nitrogens with zero attached hydrogens (tertiary/aromatic N) is 3. The normalized spacial score (nSPS) is 17.7. The van der Waals surface area contributed by atoms with Crippen LogP contribution >= 0.6 is 0 Å². The molecule has 3 rings (SSSR count). The van der Waals surface area contributed by atoms with Crippen LogP contribution in [0.3, 0.4) is 0 Å². The van der Waals surface area contributed by atoms with Crippen molar-refractivity contribution < 1.29 is 29.6 Å². The standard InChI is InChI=1S/C20H17N3O8/c24-10-2-9-21-17(13-3-1-4-15(11-13)23(30)31)16(19(26)20(21)27)18(25)12-5-7-14(8-6-12)22(28)29/h1,3-8,11,17,24-25H,2,9-10H2/t17-/m0/s1. The summed E-state index contributed by atoms with van der Waals surface area (Å²) >= 11 is 0. The molecule has 1 aliphatic heterocycles. The van der Waals surface area contributed by atoms with Gasteiger partial charge >= 0.3 is 0 Å². The van der Waals surface area contributed by atoms with Gasteiger partial charge in [-0.2, -0.15) is 0 Å². The third kappa shape index (κ3) is 4.12. The van der Waals surface area contributed by atoms with Gasteiger partial charge in [-0.25, -0.2) is 0 Å². The number of non-ortho nitro benzene ring substituents is 2. The average molecular weight is 427 g/mol. The minimum Gasteiger partial charge on any atom is -0.507 e. The Balaban J connectivity index is 2.17. The molecule has 2 N–H and O–H groups in total. The summed E-state index contributed by atoms with van der Waals surface area (Å²) in [6.07, 6.45) is 0.149. The SMILES string of the molecule is O=C1C(=O)N(CCCO)[C@@H](c2cccc([N+](=O)[O-])c2)C1=C(O)c1ccc([N+](=O)[O-])cc1. The van der Waals surface area contributed by atoms with Crippen LogP contribution in [0.5, 0.6) is 0 Å². The monoisotopic (exact) mass is 427 g/mol. The molecular weight excluding hydrogens is 410 g/mol. The molecular formula is C20H17N3O8. The van der Waals surface area contributed by atoms with Gasteiger partial charge in [-0.15, -0.1) is 0 Å². The zero-order valence-corrected chi connectivity index (χ0v) is 16.0. The highest BCUT2D eigenvalue weighted by atomic mass is 16.6. The number of rotatable bonds is 7. The molecule has 160 valence electrons. The molecule has 1 heterocycles. The highest BCUT2D eigenvalue weighted by molar-refractivity contribution is 6.46. The molecule has 0 aliphatic carbocycles. The Hall–Kier alpha value is -4.12. The number of nitro groups is 2. The minimum absolute atomic E-state index is 0.0223. The smallest absolute Gasteiger partial charge is 0.295 e. The van der Waals surface area contributed by atoms with Crippen molar-refractivity contribution in [1.82, 2.24) is 4.90 Å². The fourth-order valence-corrected chi connectivity index (χ4v) is 3.40. The number of carbonyl (C=O) groups excluding carboxylic acids is 2. The summed E-state index contributed by atoms with van der Waals surface area (Å²) in [5.74, 6) is -2.48. The second-order valence-corrected chi connectivity index (χ2v) is 6.73. The van der Waals surface area contributed by atoms with E-state index in [2.05, 4.69) is 0 Å². The van der Waals surface area contributed by atoms with E-state index in [-0.39, 0.29) is 47.6 Å². The van der Waals surface area contributed by atoms with Gasteiger partial charge in [0.25, 0.3) is 23.1 Å². The Morgan fingerprint density at radius 1 is 1.00 bits per heavy atom. The Bertz CT molecular complexity index is 1090. The van der Waals surface area contributed by atoms with E-state index in [1.54, 1.807) is 0 Å². The second-order valence-electron chi connectivity index (χ2n) is 6.73. The summed E-state index contributed by atoms with van der Waals surface area (Å²) in [6.45, 7) is -0.279. The van der Waals surface area contributed by atoms with Gasteiger partial charge in [-0.1, -0.05) is 12.1 Å². The van der Waals surface area contributed by atoms with Gasteiger partial charge in [-0.05, 0) is 24.1 Å². The number of aliphatic hydroxyl groups excluding tert-OH is 2. The molecule has 31 heavy (non-hydrogen) atoms. The lowest BCUT2D eigenvalue weighted by atomic mass is 9.95. The number of hydrogen-bond acceptors (Lipinski definition) is 8. The summed E-state index contributed by atoms with van der Waals surface area (Å²) < 4.78 is 0. The summed E-state index contributed by atoms with van der Waals surface area (Å²) in [7, 11) is 0. The van der Waals surface area contributed by atoms with Crippen molar-refractivity contribution in [3.63, 3.8) is 0 Å². The van der Waals surface area contributed by atoms with E-state index >= 15 is 0 Å². The fourth-order valence-electron chi connectivity index (χ4n) is 3.40. The van der Waals surface area contributed by atoms with Crippen LogP contribution in [0.4, 0.5) is 11.4 Å². The van der Waals surface area contributed by atoms with Crippen molar-refractivity contribution in [2.45, 2.75) is 12.5 Å². The molecule has 11 heteroatoms. The first kappa shape index (κ1) is 21.6. The number of amides is 1. The Kier molecular flexibility index (Phi) is 6.07. The predicted octanol–water partition coefficient (Wildman–Crippen LogP) is 2.31. The van der Waals surface area contributed by atoms with Gasteiger partial charge in [-0.3, -0.25) is 29.8 Å². The molecule has 1 atom stereocenters. The van der Waals surface area contributed by atoms with Crippen molar-refractivity contribution in [2.24, 2.45) is 0 Å². The van der Waals surface area contributed by atoms with Crippen molar-refractivity contribution in [2.75, 3.05) is 13.2 Å². The highest BCUT2D eigenvalue weighted by Crippen LogP contribution is 2.40. The number of Topliss-reactive ketones (excluding diaryl/α,β-unsaturated/α-hetero) is 1. The zero-order valence-electron chi connectivity index (χ0n) is 16.0. The molecule has 1 amide bonds. The molecule has 1 aliphatic rings. The maximum atomic E-state index is 12.8. The number of nitro benzene ring substituents is 2. The van der Waals surface area contributed by atoms with Crippen molar-refractivity contribution in [3.8, 4) is 0 Å². The maximum absolute atomic E-state index is 12.8. The Labute approximate surface area is 175 Å². The van der Waals surface area contributed by atoms with Crippen LogP contribution in [0.25, 0.3) is 5.76 Å². The lowest BCUT2D eigenvalue weighted by Gasteiger charge is -2.25. The van der Waals surface area contributed by atoms with Crippen molar-refractivity contribution in [3.05, 3.63) is 85.5 Å². The molecule has 0 aromatic heterocycles. The third-order valence-corrected chi connectivity index (χ3v) is 4.85. The summed E-state index contributed by atoms with van der Waals surface area (Å²) in [5.41, 5.74) is -0.482. The molecule has 11 nitrogen and oxygen atoms in total. The molecule has 0 bridgehead atoms. The molecule has 0 unspecified atom stereocenters. The average Bonchev–Trinajstić information content (AvgIpc) is 3.02. The van der Waals surface area contributed by atoms with E-state index in [1.165, 1.54) is 36.4 Å². The van der Waals surface area contributed by atoms with Crippen LogP contribution < -0.4 is 0 Å². The Morgan fingerprint density at radius 3 is 2.23 bits per heavy atom.